The molecule has 0 saturated carbocycles. The second kappa shape index (κ2) is 9.20. The van der Waals surface area contributed by atoms with Gasteiger partial charge in [-0.3, -0.25) is 14.9 Å². The Labute approximate surface area is 179 Å². The largest absolute Gasteiger partial charge is 0.386 e. The second-order valence-corrected chi connectivity index (χ2v) is 7.80. The van der Waals surface area contributed by atoms with Gasteiger partial charge in [0, 0.05) is 52.9 Å². The first kappa shape index (κ1) is 20.3. The quantitative estimate of drug-likeness (QED) is 0.643. The summed E-state index contributed by atoms with van der Waals surface area (Å²) < 4.78 is 5.51. The molecule has 1 N–H and O–H groups in total. The van der Waals surface area contributed by atoms with E-state index in [1.165, 1.54) is 0 Å². The van der Waals surface area contributed by atoms with Crippen LogP contribution in [0.15, 0.2) is 61.1 Å². The molecule has 0 radical (unpaired) electrons. The van der Waals surface area contributed by atoms with Crippen molar-refractivity contribution in [1.29, 1.82) is 0 Å². The van der Waals surface area contributed by atoms with Gasteiger partial charge in [0.15, 0.2) is 0 Å². The standard InChI is InChI=1S/C22H21Cl2N3O2/c23-17-11-16(12-18(24)13-17)20-19(4-2-6-26-20)22(28)21(15-3-1-5-25-14-15)27-7-9-29-10-8-27/h1-6,11-14,21-22,28H,7-10H2/t21-,22+/m1/s1. The molecule has 2 atom stereocenters. The minimum Gasteiger partial charge on any atom is -0.386 e. The number of halogens is 2. The van der Waals surface area contributed by atoms with Crippen LogP contribution in [-0.4, -0.2) is 46.3 Å². The Morgan fingerprint density at radius 3 is 2.41 bits per heavy atom. The van der Waals surface area contributed by atoms with E-state index in [1.807, 2.05) is 24.3 Å². The first-order valence-electron chi connectivity index (χ1n) is 9.44. The monoisotopic (exact) mass is 429 g/mol. The smallest absolute Gasteiger partial charge is 0.101 e. The van der Waals surface area contributed by atoms with Crippen LogP contribution in [-0.2, 0) is 4.74 Å². The average molecular weight is 430 g/mol. The SMILES string of the molecule is O[C@@H](c1cccnc1-c1cc(Cl)cc(Cl)c1)[C@@H](c1cccnc1)N1CCOCC1. The third-order valence-corrected chi connectivity index (χ3v) is 5.49. The molecule has 5 nitrogen and oxygen atoms in total. The van der Waals surface area contributed by atoms with Crippen LogP contribution < -0.4 is 0 Å². The highest BCUT2D eigenvalue weighted by Crippen LogP contribution is 2.38. The van der Waals surface area contributed by atoms with Gasteiger partial charge in [-0.1, -0.05) is 35.3 Å². The average Bonchev–Trinajstić information content (AvgIpc) is 2.75. The lowest BCUT2D eigenvalue weighted by Crippen LogP contribution is -2.41. The summed E-state index contributed by atoms with van der Waals surface area (Å²) in [6, 6.07) is 12.6. The minimum absolute atomic E-state index is 0.273. The second-order valence-electron chi connectivity index (χ2n) is 6.92. The highest BCUT2D eigenvalue weighted by Gasteiger charge is 2.32. The van der Waals surface area contributed by atoms with Crippen molar-refractivity contribution in [3.05, 3.63) is 82.2 Å². The van der Waals surface area contributed by atoms with Gasteiger partial charge in [-0.2, -0.15) is 0 Å². The van der Waals surface area contributed by atoms with Gasteiger partial charge < -0.3 is 9.84 Å². The summed E-state index contributed by atoms with van der Waals surface area (Å²) in [5.41, 5.74) is 3.09. The van der Waals surface area contributed by atoms with Crippen molar-refractivity contribution >= 4 is 23.2 Å². The summed E-state index contributed by atoms with van der Waals surface area (Å²) in [5.74, 6) is 0. The molecule has 4 rings (SSSR count). The molecule has 7 heteroatoms. The number of morpholine rings is 1. The molecule has 150 valence electrons. The van der Waals surface area contributed by atoms with Crippen LogP contribution in [0.1, 0.15) is 23.3 Å². The van der Waals surface area contributed by atoms with Crippen LogP contribution in [0.2, 0.25) is 10.0 Å². The molecule has 1 saturated heterocycles. The summed E-state index contributed by atoms with van der Waals surface area (Å²) in [7, 11) is 0. The maximum absolute atomic E-state index is 11.6. The van der Waals surface area contributed by atoms with E-state index in [2.05, 4.69) is 14.9 Å². The van der Waals surface area contributed by atoms with Crippen LogP contribution >= 0.6 is 23.2 Å². The first-order chi connectivity index (χ1) is 14.1. The van der Waals surface area contributed by atoms with Crippen LogP contribution in [0.3, 0.4) is 0 Å². The molecule has 29 heavy (non-hydrogen) atoms. The molecule has 1 aliphatic rings. The third-order valence-electron chi connectivity index (χ3n) is 5.06. The zero-order valence-electron chi connectivity index (χ0n) is 15.7. The normalized spacial score (nSPS) is 17.1. The number of nitrogens with zero attached hydrogens (tertiary/aromatic N) is 3. The van der Waals surface area contributed by atoms with Gasteiger partial charge in [0.05, 0.1) is 24.9 Å². The van der Waals surface area contributed by atoms with Crippen LogP contribution in [0.25, 0.3) is 11.3 Å². The van der Waals surface area contributed by atoms with Crippen LogP contribution in [0, 0.1) is 0 Å². The Morgan fingerprint density at radius 2 is 1.72 bits per heavy atom. The highest BCUT2D eigenvalue weighted by atomic mass is 35.5. The first-order valence-corrected chi connectivity index (χ1v) is 10.2. The van der Waals surface area contributed by atoms with E-state index in [1.54, 1.807) is 36.8 Å². The number of aliphatic hydroxyl groups excluding tert-OH is 1. The maximum Gasteiger partial charge on any atom is 0.101 e. The zero-order valence-corrected chi connectivity index (χ0v) is 17.2. The molecular weight excluding hydrogens is 409 g/mol. The maximum atomic E-state index is 11.6. The number of hydrogen-bond donors (Lipinski definition) is 1. The Kier molecular flexibility index (Phi) is 6.43. The van der Waals surface area contributed by atoms with Crippen molar-refractivity contribution in [2.45, 2.75) is 12.1 Å². The molecule has 0 spiro atoms. The number of benzene rings is 1. The molecule has 3 heterocycles. The molecule has 2 aromatic heterocycles. The molecular formula is C22H21Cl2N3O2. The highest BCUT2D eigenvalue weighted by molar-refractivity contribution is 6.35. The lowest BCUT2D eigenvalue weighted by atomic mass is 9.92. The van der Waals surface area contributed by atoms with E-state index in [4.69, 9.17) is 27.9 Å². The van der Waals surface area contributed by atoms with E-state index < -0.39 is 6.10 Å². The van der Waals surface area contributed by atoms with Gasteiger partial charge in [-0.15, -0.1) is 0 Å². The van der Waals surface area contributed by atoms with Gasteiger partial charge in [-0.25, -0.2) is 0 Å². The molecule has 3 aromatic rings. The zero-order chi connectivity index (χ0) is 20.2. The van der Waals surface area contributed by atoms with Gasteiger partial charge >= 0.3 is 0 Å². The Morgan fingerprint density at radius 1 is 1.00 bits per heavy atom. The van der Waals surface area contributed by atoms with Crippen LogP contribution in [0.5, 0.6) is 0 Å². The number of rotatable bonds is 5. The molecule has 0 unspecified atom stereocenters. The van der Waals surface area contributed by atoms with E-state index >= 15 is 0 Å². The fourth-order valence-corrected chi connectivity index (χ4v) is 4.28. The summed E-state index contributed by atoms with van der Waals surface area (Å²) in [5, 5.41) is 12.6. The van der Waals surface area contributed by atoms with E-state index in [-0.39, 0.29) is 6.04 Å². The summed E-state index contributed by atoms with van der Waals surface area (Å²) in [4.78, 5) is 11.0. The van der Waals surface area contributed by atoms with E-state index in [9.17, 15) is 5.11 Å². The van der Waals surface area contributed by atoms with Gasteiger partial charge in [0.2, 0.25) is 0 Å². The van der Waals surface area contributed by atoms with Crippen molar-refractivity contribution in [3.8, 4) is 11.3 Å². The Balaban J connectivity index is 1.78. The van der Waals surface area contributed by atoms with E-state index in [0.29, 0.717) is 34.5 Å². The molecule has 0 amide bonds. The molecule has 1 aliphatic heterocycles. The topological polar surface area (TPSA) is 58.5 Å². The fourth-order valence-electron chi connectivity index (χ4n) is 3.76. The Hall–Kier alpha value is -2.02. The predicted octanol–water partition coefficient (Wildman–Crippen LogP) is 4.56. The Bertz CT molecular complexity index is 945. The van der Waals surface area contributed by atoms with Crippen molar-refractivity contribution < 1.29 is 9.84 Å². The van der Waals surface area contributed by atoms with Crippen molar-refractivity contribution in [3.63, 3.8) is 0 Å². The number of hydrogen-bond acceptors (Lipinski definition) is 5. The molecule has 1 fully saturated rings. The number of aromatic nitrogens is 2. The summed E-state index contributed by atoms with van der Waals surface area (Å²) in [6.07, 6.45) is 4.42. The number of pyridine rings is 2. The van der Waals surface area contributed by atoms with Crippen LogP contribution in [0.4, 0.5) is 0 Å². The third kappa shape index (κ3) is 4.60. The number of ether oxygens (including phenoxy) is 1. The van der Waals surface area contributed by atoms with Gasteiger partial charge in [0.25, 0.3) is 0 Å². The summed E-state index contributed by atoms with van der Waals surface area (Å²) in [6.45, 7) is 2.73. The molecule has 0 aliphatic carbocycles. The van der Waals surface area contributed by atoms with Crippen molar-refractivity contribution in [1.82, 2.24) is 14.9 Å². The molecule has 0 bridgehead atoms. The lowest BCUT2D eigenvalue weighted by molar-refractivity contribution is -0.0238. The minimum atomic E-state index is -0.821. The summed E-state index contributed by atoms with van der Waals surface area (Å²) >= 11 is 12.4. The van der Waals surface area contributed by atoms with Crippen molar-refractivity contribution in [2.24, 2.45) is 0 Å². The molecule has 1 aromatic carbocycles. The van der Waals surface area contributed by atoms with Crippen molar-refractivity contribution in [2.75, 3.05) is 26.3 Å². The van der Waals surface area contributed by atoms with Gasteiger partial charge in [0.1, 0.15) is 6.10 Å². The fraction of sp³-hybridized carbons (Fsp3) is 0.273. The lowest BCUT2D eigenvalue weighted by Gasteiger charge is -2.37. The van der Waals surface area contributed by atoms with E-state index in [0.717, 1.165) is 24.2 Å². The number of aliphatic hydroxyl groups is 1. The predicted molar refractivity (Wildman–Crippen MR) is 114 cm³/mol. The van der Waals surface area contributed by atoms with Gasteiger partial charge in [-0.05, 0) is 35.9 Å².